The molecule has 1 fully saturated rings. The molecule has 1 saturated heterocycles. The van der Waals surface area contributed by atoms with E-state index in [1.165, 1.54) is 0 Å². The van der Waals surface area contributed by atoms with Gasteiger partial charge in [-0.1, -0.05) is 34.8 Å². The summed E-state index contributed by atoms with van der Waals surface area (Å²) in [7, 11) is 0. The average molecular weight is 480 g/mol. The highest BCUT2D eigenvalue weighted by molar-refractivity contribution is 6.67. The summed E-state index contributed by atoms with van der Waals surface area (Å²) < 4.78 is 29.7. The molecule has 13 heteroatoms. The van der Waals surface area contributed by atoms with E-state index in [4.69, 9.17) is 63.2 Å². The van der Waals surface area contributed by atoms with E-state index in [1.54, 1.807) is 0 Å². The van der Waals surface area contributed by atoms with E-state index >= 15 is 0 Å². The number of ether oxygens (including phenoxy) is 6. The molecule has 0 saturated carbocycles. The number of hydrogen-bond donors (Lipinski definition) is 0. The van der Waals surface area contributed by atoms with Gasteiger partial charge in [0.15, 0.2) is 24.6 Å². The van der Waals surface area contributed by atoms with Gasteiger partial charge in [-0.05, 0) is 0 Å². The minimum absolute atomic E-state index is 0.383. The molecular formula is C16H21Cl3O10. The van der Waals surface area contributed by atoms with Crippen molar-refractivity contribution < 1.29 is 47.6 Å². The molecule has 0 aromatic heterocycles. The molecule has 1 aliphatic rings. The van der Waals surface area contributed by atoms with Crippen LogP contribution in [-0.2, 0) is 47.6 Å². The molecule has 0 aromatic carbocycles. The number of alkyl halides is 3. The summed E-state index contributed by atoms with van der Waals surface area (Å²) in [6.07, 6.45) is -6.55. The molecule has 0 aliphatic carbocycles. The van der Waals surface area contributed by atoms with Crippen LogP contribution in [0.2, 0.25) is 0 Å². The van der Waals surface area contributed by atoms with Crippen molar-refractivity contribution in [2.45, 2.75) is 62.2 Å². The van der Waals surface area contributed by atoms with Crippen LogP contribution in [0.1, 0.15) is 27.7 Å². The Morgan fingerprint density at radius 2 is 1.28 bits per heavy atom. The van der Waals surface area contributed by atoms with Gasteiger partial charge in [0, 0.05) is 27.7 Å². The Morgan fingerprint density at radius 3 is 1.72 bits per heavy atom. The summed E-state index contributed by atoms with van der Waals surface area (Å²) in [5.74, 6) is -2.92. The first kappa shape index (κ1) is 25.7. The van der Waals surface area contributed by atoms with Crippen LogP contribution in [0.15, 0.2) is 0 Å². The van der Waals surface area contributed by atoms with E-state index in [-0.39, 0.29) is 6.61 Å². The number of halogens is 3. The third-order valence-corrected chi connectivity index (χ3v) is 3.69. The highest BCUT2D eigenvalue weighted by Crippen LogP contribution is 2.32. The number of hydrogen-bond acceptors (Lipinski definition) is 10. The van der Waals surface area contributed by atoms with Crippen molar-refractivity contribution in [3.63, 3.8) is 0 Å². The SMILES string of the molecule is CC(=O)OC[C@H]1O[C@H](OCC(Cl)(Cl)Cl)[C@@H](OC(C)=O)[C@@H](OC(C)=O)[C@@H]1OC(C)=O. The highest BCUT2D eigenvalue weighted by atomic mass is 35.6. The van der Waals surface area contributed by atoms with Crippen LogP contribution in [0, 0.1) is 0 Å². The first-order chi connectivity index (χ1) is 13.3. The monoisotopic (exact) mass is 478 g/mol. The van der Waals surface area contributed by atoms with Gasteiger partial charge in [0.05, 0.1) is 6.61 Å². The Bertz CT molecular complexity index is 621. The molecular weight excluding hydrogens is 459 g/mol. The van der Waals surface area contributed by atoms with Crippen LogP contribution in [0.25, 0.3) is 0 Å². The van der Waals surface area contributed by atoms with Crippen LogP contribution in [0.3, 0.4) is 0 Å². The zero-order valence-electron chi connectivity index (χ0n) is 16.0. The standard InChI is InChI=1S/C16H21Cl3O10/c1-7(20)24-5-11-12(26-8(2)21)13(27-9(3)22)14(28-10(4)23)15(29-11)25-6-16(17,18)19/h11-15H,5-6H2,1-4H3/t11-,12-,13+,14+,15+/m1/s1. The van der Waals surface area contributed by atoms with E-state index in [2.05, 4.69) is 0 Å². The van der Waals surface area contributed by atoms with Crippen molar-refractivity contribution in [1.29, 1.82) is 0 Å². The molecule has 0 spiro atoms. The second-order valence-electron chi connectivity index (χ2n) is 5.99. The second kappa shape index (κ2) is 11.2. The molecule has 0 amide bonds. The fraction of sp³-hybridized carbons (Fsp3) is 0.750. The fourth-order valence-corrected chi connectivity index (χ4v) is 2.69. The van der Waals surface area contributed by atoms with Crippen molar-refractivity contribution in [1.82, 2.24) is 0 Å². The second-order valence-corrected chi connectivity index (χ2v) is 8.51. The third kappa shape index (κ3) is 9.35. The van der Waals surface area contributed by atoms with Gasteiger partial charge in [0.2, 0.25) is 3.79 Å². The Labute approximate surface area is 181 Å². The predicted molar refractivity (Wildman–Crippen MR) is 98.2 cm³/mol. The Balaban J connectivity index is 3.28. The summed E-state index contributed by atoms with van der Waals surface area (Å²) in [6.45, 7) is 3.61. The van der Waals surface area contributed by atoms with Gasteiger partial charge in [-0.15, -0.1) is 0 Å². The molecule has 0 aromatic rings. The highest BCUT2D eigenvalue weighted by Gasteiger charge is 2.53. The summed E-state index contributed by atoms with van der Waals surface area (Å²) in [5.41, 5.74) is 0. The van der Waals surface area contributed by atoms with Gasteiger partial charge < -0.3 is 28.4 Å². The molecule has 5 atom stereocenters. The van der Waals surface area contributed by atoms with Crippen molar-refractivity contribution in [2.24, 2.45) is 0 Å². The van der Waals surface area contributed by atoms with E-state index in [1.807, 2.05) is 0 Å². The van der Waals surface area contributed by atoms with E-state index in [0.29, 0.717) is 0 Å². The molecule has 0 N–H and O–H groups in total. The number of rotatable bonds is 7. The molecule has 166 valence electrons. The topological polar surface area (TPSA) is 124 Å². The normalized spacial score (nSPS) is 26.9. The van der Waals surface area contributed by atoms with E-state index < -0.39 is 65.0 Å². The van der Waals surface area contributed by atoms with Crippen molar-refractivity contribution in [3.8, 4) is 0 Å². The lowest BCUT2D eigenvalue weighted by Gasteiger charge is -2.44. The molecule has 1 aliphatic heterocycles. The third-order valence-electron chi connectivity index (χ3n) is 3.36. The van der Waals surface area contributed by atoms with Crippen LogP contribution in [0.4, 0.5) is 0 Å². The average Bonchev–Trinajstić information content (AvgIpc) is 2.53. The van der Waals surface area contributed by atoms with E-state index in [9.17, 15) is 19.2 Å². The Kier molecular flexibility index (Phi) is 9.90. The molecule has 0 unspecified atom stereocenters. The maximum atomic E-state index is 11.6. The largest absolute Gasteiger partial charge is 0.463 e. The Morgan fingerprint density at radius 1 is 0.793 bits per heavy atom. The van der Waals surface area contributed by atoms with Crippen LogP contribution >= 0.6 is 34.8 Å². The summed E-state index contributed by atoms with van der Waals surface area (Å²) in [6, 6.07) is 0. The maximum Gasteiger partial charge on any atom is 0.303 e. The van der Waals surface area contributed by atoms with Crippen molar-refractivity contribution in [2.75, 3.05) is 13.2 Å². The van der Waals surface area contributed by atoms with Crippen molar-refractivity contribution >= 4 is 58.7 Å². The van der Waals surface area contributed by atoms with Crippen molar-refractivity contribution in [3.05, 3.63) is 0 Å². The first-order valence-electron chi connectivity index (χ1n) is 8.29. The molecule has 1 rings (SSSR count). The van der Waals surface area contributed by atoms with Gasteiger partial charge in [-0.3, -0.25) is 19.2 Å². The van der Waals surface area contributed by atoms with Crippen LogP contribution in [-0.4, -0.2) is 71.6 Å². The zero-order valence-corrected chi connectivity index (χ0v) is 18.3. The summed E-state index contributed by atoms with van der Waals surface area (Å²) >= 11 is 17.0. The predicted octanol–water partition coefficient (Wildman–Crippen LogP) is 1.46. The van der Waals surface area contributed by atoms with Gasteiger partial charge in [-0.2, -0.15) is 0 Å². The smallest absolute Gasteiger partial charge is 0.303 e. The van der Waals surface area contributed by atoms with Gasteiger partial charge in [0.1, 0.15) is 12.7 Å². The summed E-state index contributed by atoms with van der Waals surface area (Å²) in [4.78, 5) is 46.0. The lowest BCUT2D eigenvalue weighted by atomic mass is 9.98. The molecule has 29 heavy (non-hydrogen) atoms. The quantitative estimate of drug-likeness (QED) is 0.301. The minimum Gasteiger partial charge on any atom is -0.463 e. The Hall–Kier alpha value is -1.33. The number of esters is 4. The first-order valence-corrected chi connectivity index (χ1v) is 9.42. The van der Waals surface area contributed by atoms with Gasteiger partial charge >= 0.3 is 23.9 Å². The molecule has 10 nitrogen and oxygen atoms in total. The van der Waals surface area contributed by atoms with Gasteiger partial charge in [0.25, 0.3) is 0 Å². The number of carbonyl (C=O) groups is 4. The molecule has 0 bridgehead atoms. The minimum atomic E-state index is -1.83. The molecule has 1 heterocycles. The molecule has 0 radical (unpaired) electrons. The number of carbonyl (C=O) groups excluding carboxylic acids is 4. The van der Waals surface area contributed by atoms with Crippen LogP contribution in [0.5, 0.6) is 0 Å². The van der Waals surface area contributed by atoms with Gasteiger partial charge in [-0.25, -0.2) is 0 Å². The fourth-order valence-electron chi connectivity index (χ4n) is 2.50. The lowest BCUT2D eigenvalue weighted by molar-refractivity contribution is -0.307. The lowest BCUT2D eigenvalue weighted by Crippen LogP contribution is -2.63. The van der Waals surface area contributed by atoms with E-state index in [0.717, 1.165) is 27.7 Å². The zero-order chi connectivity index (χ0) is 22.4. The van der Waals surface area contributed by atoms with Crippen LogP contribution < -0.4 is 0 Å². The maximum absolute atomic E-state index is 11.6. The summed E-state index contributed by atoms with van der Waals surface area (Å²) in [5, 5.41) is 0.